The molecule has 1 aromatic heterocycles. The molecule has 5 nitrogen and oxygen atoms in total. The molecule has 2 aromatic rings. The summed E-state index contributed by atoms with van der Waals surface area (Å²) in [6.45, 7) is 6.14. The van der Waals surface area contributed by atoms with Gasteiger partial charge in [0.25, 0.3) is 0 Å². The lowest BCUT2D eigenvalue weighted by Crippen LogP contribution is -2.21. The normalized spacial score (nSPS) is 15.3. The van der Waals surface area contributed by atoms with Gasteiger partial charge in [-0.1, -0.05) is 18.2 Å². The highest BCUT2D eigenvalue weighted by Gasteiger charge is 2.26. The third kappa shape index (κ3) is 3.79. The van der Waals surface area contributed by atoms with E-state index in [0.29, 0.717) is 11.9 Å². The number of nitrogens with zero attached hydrogens (tertiary/aromatic N) is 2. The number of hydrogen-bond acceptors (Lipinski definition) is 5. The zero-order valence-corrected chi connectivity index (χ0v) is 13.9. The molecule has 122 valence electrons. The molecule has 0 aliphatic heterocycles. The number of aliphatic hydroxyl groups excluding tert-OH is 1. The van der Waals surface area contributed by atoms with Gasteiger partial charge in [0.2, 0.25) is 5.95 Å². The Bertz CT molecular complexity index is 677. The van der Waals surface area contributed by atoms with Crippen molar-refractivity contribution in [1.82, 2.24) is 9.97 Å². The van der Waals surface area contributed by atoms with Crippen molar-refractivity contribution in [3.05, 3.63) is 41.1 Å². The summed E-state index contributed by atoms with van der Waals surface area (Å²) in [5.74, 6) is 1.91. The summed E-state index contributed by atoms with van der Waals surface area (Å²) in [7, 11) is 0. The van der Waals surface area contributed by atoms with Gasteiger partial charge < -0.3 is 15.7 Å². The van der Waals surface area contributed by atoms with Crippen molar-refractivity contribution in [2.24, 2.45) is 0 Å². The lowest BCUT2D eigenvalue weighted by molar-refractivity contribution is 0.281. The van der Waals surface area contributed by atoms with Gasteiger partial charge in [0.1, 0.15) is 5.82 Å². The Labute approximate surface area is 137 Å². The molecule has 0 radical (unpaired) electrons. The van der Waals surface area contributed by atoms with Gasteiger partial charge in [0, 0.05) is 23.7 Å². The largest absolute Gasteiger partial charge is 0.394 e. The molecule has 0 spiro atoms. The quantitative estimate of drug-likeness (QED) is 0.761. The highest BCUT2D eigenvalue weighted by Crippen LogP contribution is 2.40. The van der Waals surface area contributed by atoms with E-state index in [1.807, 2.05) is 13.0 Å². The molecular weight excluding hydrogens is 288 g/mol. The van der Waals surface area contributed by atoms with Crippen LogP contribution >= 0.6 is 0 Å². The van der Waals surface area contributed by atoms with Gasteiger partial charge in [-0.3, -0.25) is 0 Å². The van der Waals surface area contributed by atoms with E-state index in [0.717, 1.165) is 17.2 Å². The number of anilines is 3. The Kier molecular flexibility index (Phi) is 4.48. The fourth-order valence-electron chi connectivity index (χ4n) is 2.59. The van der Waals surface area contributed by atoms with Crippen LogP contribution in [0.5, 0.6) is 0 Å². The van der Waals surface area contributed by atoms with E-state index in [4.69, 9.17) is 0 Å². The van der Waals surface area contributed by atoms with Gasteiger partial charge in [-0.25, -0.2) is 4.98 Å². The summed E-state index contributed by atoms with van der Waals surface area (Å²) in [4.78, 5) is 9.16. The molecule has 1 atom stereocenters. The van der Waals surface area contributed by atoms with Crippen LogP contribution in [0, 0.1) is 13.8 Å². The second-order valence-corrected chi connectivity index (χ2v) is 6.40. The highest BCUT2D eigenvalue weighted by atomic mass is 16.3. The fourth-order valence-corrected chi connectivity index (χ4v) is 2.59. The number of benzene rings is 1. The zero-order valence-electron chi connectivity index (χ0n) is 13.9. The predicted molar refractivity (Wildman–Crippen MR) is 93.4 cm³/mol. The van der Waals surface area contributed by atoms with E-state index in [2.05, 4.69) is 52.6 Å². The predicted octanol–water partition coefficient (Wildman–Crippen LogP) is 3.51. The molecule has 3 N–H and O–H groups in total. The van der Waals surface area contributed by atoms with E-state index in [1.165, 1.54) is 24.0 Å². The maximum Gasteiger partial charge on any atom is 0.225 e. The molecule has 0 unspecified atom stereocenters. The first-order valence-electron chi connectivity index (χ1n) is 8.16. The van der Waals surface area contributed by atoms with Crippen molar-refractivity contribution < 1.29 is 5.11 Å². The molecule has 5 heteroatoms. The molecule has 1 aliphatic carbocycles. The number of rotatable bonds is 6. The molecule has 1 heterocycles. The van der Waals surface area contributed by atoms with Crippen LogP contribution in [-0.2, 0) is 0 Å². The summed E-state index contributed by atoms with van der Waals surface area (Å²) >= 11 is 0. The highest BCUT2D eigenvalue weighted by molar-refractivity contribution is 5.65. The summed E-state index contributed by atoms with van der Waals surface area (Å²) in [6, 6.07) is 8.20. The molecule has 1 fully saturated rings. The standard InChI is InChI=1S/C18H24N4O/c1-11-5-4-6-12(2)17(11)21-16-9-15(14-7-8-14)20-18(22-16)19-13(3)10-23/h4-6,9,13-14,23H,7-8,10H2,1-3H3,(H2,19,20,21,22)/t13-/m1/s1. The lowest BCUT2D eigenvalue weighted by Gasteiger charge is -2.16. The van der Waals surface area contributed by atoms with E-state index < -0.39 is 0 Å². The Morgan fingerprint density at radius 3 is 2.52 bits per heavy atom. The maximum absolute atomic E-state index is 9.23. The molecule has 1 aliphatic rings. The van der Waals surface area contributed by atoms with Crippen LogP contribution in [0.25, 0.3) is 0 Å². The van der Waals surface area contributed by atoms with Crippen LogP contribution in [0.15, 0.2) is 24.3 Å². The minimum atomic E-state index is -0.0718. The second kappa shape index (κ2) is 6.54. The number of aryl methyl sites for hydroxylation is 2. The van der Waals surface area contributed by atoms with Crippen LogP contribution in [0.1, 0.15) is 42.5 Å². The third-order valence-corrected chi connectivity index (χ3v) is 4.13. The molecule has 0 saturated heterocycles. The number of aliphatic hydroxyl groups is 1. The summed E-state index contributed by atoms with van der Waals surface area (Å²) in [6.07, 6.45) is 2.38. The van der Waals surface area contributed by atoms with Crippen molar-refractivity contribution in [1.29, 1.82) is 0 Å². The average molecular weight is 312 g/mol. The van der Waals surface area contributed by atoms with E-state index >= 15 is 0 Å². The van der Waals surface area contributed by atoms with Crippen LogP contribution in [-0.4, -0.2) is 27.7 Å². The van der Waals surface area contributed by atoms with Gasteiger partial charge in [0.05, 0.1) is 12.3 Å². The van der Waals surface area contributed by atoms with Crippen molar-refractivity contribution in [3.63, 3.8) is 0 Å². The van der Waals surface area contributed by atoms with Crippen molar-refractivity contribution in [2.45, 2.75) is 45.6 Å². The molecule has 3 rings (SSSR count). The third-order valence-electron chi connectivity index (χ3n) is 4.13. The number of aromatic nitrogens is 2. The van der Waals surface area contributed by atoms with E-state index in [9.17, 15) is 5.11 Å². The van der Waals surface area contributed by atoms with Crippen LogP contribution in [0.2, 0.25) is 0 Å². The second-order valence-electron chi connectivity index (χ2n) is 6.40. The number of para-hydroxylation sites is 1. The Morgan fingerprint density at radius 1 is 1.22 bits per heavy atom. The minimum Gasteiger partial charge on any atom is -0.394 e. The Balaban J connectivity index is 1.91. The first-order valence-corrected chi connectivity index (χ1v) is 8.16. The van der Waals surface area contributed by atoms with Crippen LogP contribution in [0.3, 0.4) is 0 Å². The van der Waals surface area contributed by atoms with Gasteiger partial charge in [-0.05, 0) is 44.7 Å². The van der Waals surface area contributed by atoms with Gasteiger partial charge >= 0.3 is 0 Å². The monoisotopic (exact) mass is 312 g/mol. The maximum atomic E-state index is 9.23. The Morgan fingerprint density at radius 2 is 1.91 bits per heavy atom. The van der Waals surface area contributed by atoms with Crippen molar-refractivity contribution in [2.75, 3.05) is 17.2 Å². The lowest BCUT2D eigenvalue weighted by atomic mass is 10.1. The van der Waals surface area contributed by atoms with E-state index in [-0.39, 0.29) is 12.6 Å². The van der Waals surface area contributed by atoms with Crippen LogP contribution < -0.4 is 10.6 Å². The van der Waals surface area contributed by atoms with Gasteiger partial charge in [-0.15, -0.1) is 0 Å². The molecule has 1 aromatic carbocycles. The molecule has 1 saturated carbocycles. The first kappa shape index (κ1) is 15.7. The van der Waals surface area contributed by atoms with E-state index in [1.54, 1.807) is 0 Å². The SMILES string of the molecule is Cc1cccc(C)c1Nc1cc(C2CC2)nc(N[C@H](C)CO)n1. The topological polar surface area (TPSA) is 70.1 Å². The zero-order chi connectivity index (χ0) is 16.4. The molecule has 0 amide bonds. The molecule has 0 bridgehead atoms. The molecule has 23 heavy (non-hydrogen) atoms. The Hall–Kier alpha value is -2.14. The van der Waals surface area contributed by atoms with Crippen molar-refractivity contribution in [3.8, 4) is 0 Å². The molecular formula is C18H24N4O. The van der Waals surface area contributed by atoms with Crippen molar-refractivity contribution >= 4 is 17.5 Å². The number of nitrogens with one attached hydrogen (secondary N) is 2. The van der Waals surface area contributed by atoms with Gasteiger partial charge in [0.15, 0.2) is 0 Å². The van der Waals surface area contributed by atoms with Gasteiger partial charge in [-0.2, -0.15) is 4.98 Å². The average Bonchev–Trinajstić information content (AvgIpc) is 3.35. The first-order chi connectivity index (χ1) is 11.1. The minimum absolute atomic E-state index is 0.0523. The fraction of sp³-hybridized carbons (Fsp3) is 0.444. The summed E-state index contributed by atoms with van der Waals surface area (Å²) < 4.78 is 0. The summed E-state index contributed by atoms with van der Waals surface area (Å²) in [5, 5.41) is 15.8. The smallest absolute Gasteiger partial charge is 0.225 e. The summed E-state index contributed by atoms with van der Waals surface area (Å²) in [5.41, 5.74) is 4.54. The van der Waals surface area contributed by atoms with Crippen LogP contribution in [0.4, 0.5) is 17.5 Å². The number of hydrogen-bond donors (Lipinski definition) is 3.